The van der Waals surface area contributed by atoms with Gasteiger partial charge in [-0.2, -0.15) is 15.8 Å². The van der Waals surface area contributed by atoms with E-state index in [-0.39, 0.29) is 5.92 Å². The lowest BCUT2D eigenvalue weighted by Gasteiger charge is -2.28. The molecule has 0 bridgehead atoms. The summed E-state index contributed by atoms with van der Waals surface area (Å²) < 4.78 is 4.45. The summed E-state index contributed by atoms with van der Waals surface area (Å²) in [5.74, 6) is -0.259. The fourth-order valence-corrected chi connectivity index (χ4v) is 7.84. The first-order chi connectivity index (χ1) is 25.1. The van der Waals surface area contributed by atoms with Crippen LogP contribution in [0.15, 0.2) is 140 Å². The predicted octanol–water partition coefficient (Wildman–Crippen LogP) is 11.2. The van der Waals surface area contributed by atoms with Gasteiger partial charge < -0.3 is 9.13 Å². The third-order valence-electron chi connectivity index (χ3n) is 9.93. The Bertz CT molecular complexity index is 2780. The van der Waals surface area contributed by atoms with Crippen LogP contribution in [0.3, 0.4) is 0 Å². The van der Waals surface area contributed by atoms with E-state index in [4.69, 9.17) is 0 Å². The maximum Gasteiger partial charge on any atom is 0.0995 e. The normalized spacial score (nSPS) is 14.3. The van der Waals surface area contributed by atoms with E-state index in [9.17, 15) is 15.8 Å². The Morgan fingerprint density at radius 1 is 0.725 bits per heavy atom. The number of benzene rings is 5. The summed E-state index contributed by atoms with van der Waals surface area (Å²) in [6, 6.07) is 43.8. The molecule has 7 aromatic rings. The summed E-state index contributed by atoms with van der Waals surface area (Å²) >= 11 is 0. The molecule has 0 aliphatic heterocycles. The van der Waals surface area contributed by atoms with Crippen molar-refractivity contribution in [1.82, 2.24) is 9.13 Å². The van der Waals surface area contributed by atoms with Gasteiger partial charge in [0, 0.05) is 38.9 Å². The maximum absolute atomic E-state index is 10.6. The largest absolute Gasteiger partial charge is 0.309 e. The van der Waals surface area contributed by atoms with E-state index in [0.29, 0.717) is 23.1 Å². The zero-order chi connectivity index (χ0) is 35.1. The number of rotatable bonds is 6. The lowest BCUT2D eigenvalue weighted by atomic mass is 9.77. The van der Waals surface area contributed by atoms with Crippen LogP contribution in [0.2, 0.25) is 0 Å². The summed E-state index contributed by atoms with van der Waals surface area (Å²) in [6.45, 7) is 6.15. The average Bonchev–Trinajstić information content (AvgIpc) is 3.69. The number of allylic oxidation sites excluding steroid dienone is 5. The van der Waals surface area contributed by atoms with Crippen LogP contribution in [0.4, 0.5) is 0 Å². The van der Waals surface area contributed by atoms with Gasteiger partial charge in [-0.3, -0.25) is 0 Å². The molecule has 2 heterocycles. The number of fused-ring (bicyclic) bond motifs is 4. The van der Waals surface area contributed by atoms with Crippen molar-refractivity contribution in [3.8, 4) is 29.6 Å². The molecule has 5 aromatic carbocycles. The van der Waals surface area contributed by atoms with Crippen LogP contribution < -0.4 is 0 Å². The van der Waals surface area contributed by atoms with Crippen molar-refractivity contribution in [1.29, 1.82) is 15.8 Å². The average molecular weight is 654 g/mol. The molecule has 1 unspecified atom stereocenters. The summed E-state index contributed by atoms with van der Waals surface area (Å²) in [7, 11) is 0. The summed E-state index contributed by atoms with van der Waals surface area (Å²) in [4.78, 5) is 0. The van der Waals surface area contributed by atoms with Crippen LogP contribution in [0.1, 0.15) is 52.8 Å². The molecule has 1 aliphatic carbocycles. The van der Waals surface area contributed by atoms with Crippen LogP contribution in [0.25, 0.3) is 61.8 Å². The lowest BCUT2D eigenvalue weighted by molar-refractivity contribution is 0.850. The van der Waals surface area contributed by atoms with Crippen molar-refractivity contribution in [3.63, 3.8) is 0 Å². The van der Waals surface area contributed by atoms with Gasteiger partial charge in [-0.25, -0.2) is 0 Å². The molecule has 0 amide bonds. The number of para-hydroxylation sites is 2. The number of nitrogens with zero attached hydrogens (tertiary/aromatic N) is 5. The van der Waals surface area contributed by atoms with E-state index in [1.165, 1.54) is 0 Å². The molecule has 5 nitrogen and oxygen atoms in total. The Kier molecular flexibility index (Phi) is 7.77. The van der Waals surface area contributed by atoms with E-state index in [1.807, 2.05) is 85.8 Å². The predicted molar refractivity (Wildman–Crippen MR) is 207 cm³/mol. The van der Waals surface area contributed by atoms with Crippen molar-refractivity contribution < 1.29 is 0 Å². The van der Waals surface area contributed by atoms with Crippen LogP contribution in [0, 0.1) is 34.0 Å². The molecule has 1 aliphatic rings. The molecular formula is C46H31N5. The zero-order valence-corrected chi connectivity index (χ0v) is 28.0. The minimum absolute atomic E-state index is 0.259. The monoisotopic (exact) mass is 653 g/mol. The van der Waals surface area contributed by atoms with Crippen LogP contribution in [-0.4, -0.2) is 9.13 Å². The number of nitriles is 3. The first kappa shape index (κ1) is 31.2. The molecule has 0 radical (unpaired) electrons. The Hall–Kier alpha value is -7.13. The third kappa shape index (κ3) is 4.90. The third-order valence-corrected chi connectivity index (χ3v) is 9.93. The molecule has 0 saturated heterocycles. The van der Waals surface area contributed by atoms with Crippen molar-refractivity contribution in [3.05, 3.63) is 173 Å². The summed E-state index contributed by atoms with van der Waals surface area (Å²) in [5.41, 5.74) is 11.5. The van der Waals surface area contributed by atoms with Gasteiger partial charge in [0.05, 0.1) is 62.8 Å². The molecule has 5 heteroatoms. The van der Waals surface area contributed by atoms with E-state index in [2.05, 4.69) is 94.6 Å². The van der Waals surface area contributed by atoms with Gasteiger partial charge in [0.1, 0.15) is 0 Å². The van der Waals surface area contributed by atoms with Crippen molar-refractivity contribution in [2.24, 2.45) is 0 Å². The smallest absolute Gasteiger partial charge is 0.0995 e. The van der Waals surface area contributed by atoms with Gasteiger partial charge in [0.25, 0.3) is 0 Å². The second-order valence-corrected chi connectivity index (χ2v) is 12.6. The van der Waals surface area contributed by atoms with E-state index in [0.717, 1.165) is 72.0 Å². The van der Waals surface area contributed by atoms with Crippen LogP contribution in [-0.2, 0) is 0 Å². The first-order valence-corrected chi connectivity index (χ1v) is 16.9. The van der Waals surface area contributed by atoms with Crippen molar-refractivity contribution in [2.75, 3.05) is 0 Å². The van der Waals surface area contributed by atoms with E-state index < -0.39 is 0 Å². The van der Waals surface area contributed by atoms with Gasteiger partial charge >= 0.3 is 0 Å². The van der Waals surface area contributed by atoms with E-state index in [1.54, 1.807) is 0 Å². The molecule has 0 saturated carbocycles. The molecule has 240 valence electrons. The second-order valence-electron chi connectivity index (χ2n) is 12.6. The quantitative estimate of drug-likeness (QED) is 0.179. The molecule has 0 N–H and O–H groups in total. The van der Waals surface area contributed by atoms with Crippen molar-refractivity contribution >= 4 is 50.4 Å². The SMILES string of the molecule is C=Cc1c(/C=C\C)n(-c2cccc(C#N)c2C2CC=CC(C#N)=C2c2ccc(-n3c4ccccc4c4cc(C#N)ccc43)cc2)c2ccccc12. The number of hydrogen-bond donors (Lipinski definition) is 0. The summed E-state index contributed by atoms with van der Waals surface area (Å²) in [6.07, 6.45) is 10.6. The highest BCUT2D eigenvalue weighted by Gasteiger charge is 2.30. The number of hydrogen-bond acceptors (Lipinski definition) is 3. The Labute approximate surface area is 296 Å². The molecular weight excluding hydrogens is 623 g/mol. The fourth-order valence-electron chi connectivity index (χ4n) is 7.84. The minimum Gasteiger partial charge on any atom is -0.309 e. The second kappa shape index (κ2) is 12.7. The Morgan fingerprint density at radius 2 is 1.45 bits per heavy atom. The molecule has 2 aromatic heterocycles. The topological polar surface area (TPSA) is 81.2 Å². The van der Waals surface area contributed by atoms with Gasteiger partial charge in [0.2, 0.25) is 0 Å². The fraction of sp³-hybridized carbons (Fsp3) is 0.0652. The van der Waals surface area contributed by atoms with Gasteiger partial charge in [0.15, 0.2) is 0 Å². The first-order valence-electron chi connectivity index (χ1n) is 16.9. The van der Waals surface area contributed by atoms with Gasteiger partial charge in [-0.15, -0.1) is 0 Å². The highest BCUT2D eigenvalue weighted by Crippen LogP contribution is 2.46. The van der Waals surface area contributed by atoms with Crippen LogP contribution in [0.5, 0.6) is 0 Å². The molecule has 51 heavy (non-hydrogen) atoms. The Morgan fingerprint density at radius 3 is 2.16 bits per heavy atom. The lowest BCUT2D eigenvalue weighted by Crippen LogP contribution is -2.13. The standard InChI is InChI=1S/C46H31N5/c1-3-11-40-35(4-2)36-14-5-8-18-42(36)51(40)44-19-10-13-33(29-49)46(44)38-16-9-12-32(28-48)45(38)31-21-23-34(24-22-31)50-41-17-7-6-15-37(41)39-26-30(27-47)20-25-43(39)50/h3-15,17-26,38H,2,16H2,1H3/b11-3-. The maximum atomic E-state index is 10.6. The minimum atomic E-state index is -0.259. The summed E-state index contributed by atoms with van der Waals surface area (Å²) in [5, 5.41) is 33.8. The van der Waals surface area contributed by atoms with Gasteiger partial charge in [-0.05, 0) is 91.2 Å². The highest BCUT2D eigenvalue weighted by atomic mass is 15.0. The van der Waals surface area contributed by atoms with Crippen LogP contribution >= 0.6 is 0 Å². The number of aromatic nitrogens is 2. The Balaban J connectivity index is 1.32. The van der Waals surface area contributed by atoms with Crippen molar-refractivity contribution in [2.45, 2.75) is 19.3 Å². The molecule has 0 spiro atoms. The van der Waals surface area contributed by atoms with E-state index >= 15 is 0 Å². The highest BCUT2D eigenvalue weighted by molar-refractivity contribution is 6.09. The zero-order valence-electron chi connectivity index (χ0n) is 28.0. The molecule has 8 rings (SSSR count). The molecule has 0 fully saturated rings. The van der Waals surface area contributed by atoms with Gasteiger partial charge in [-0.1, -0.05) is 79.4 Å². The molecule has 1 atom stereocenters.